The van der Waals surface area contributed by atoms with Gasteiger partial charge in [-0.1, -0.05) is 6.92 Å². The Morgan fingerprint density at radius 2 is 1.33 bits per heavy atom. The molecule has 1 rings (SSSR count). The first kappa shape index (κ1) is 25.7. The maximum Gasteiger partial charge on any atom is 0.335 e. The van der Waals surface area contributed by atoms with Crippen molar-refractivity contribution in [1.82, 2.24) is 9.63 Å². The van der Waals surface area contributed by atoms with Gasteiger partial charge < -0.3 is 38.9 Å². The highest BCUT2D eigenvalue weighted by molar-refractivity contribution is 5.75. The van der Waals surface area contributed by atoms with E-state index in [0.29, 0.717) is 63.9 Å². The van der Waals surface area contributed by atoms with Crippen molar-refractivity contribution in [3.8, 4) is 11.8 Å². The van der Waals surface area contributed by atoms with E-state index in [2.05, 4.69) is 0 Å². The molecule has 1 heterocycles. The second kappa shape index (κ2) is 15.5. The number of aromatic nitrogens is 1. The summed E-state index contributed by atoms with van der Waals surface area (Å²) in [5, 5.41) is 18.7. The lowest BCUT2D eigenvalue weighted by molar-refractivity contribution is -0.146. The van der Waals surface area contributed by atoms with Crippen LogP contribution in [0.15, 0.2) is 12.1 Å². The van der Waals surface area contributed by atoms with Crippen molar-refractivity contribution in [2.45, 2.75) is 19.8 Å². The lowest BCUT2D eigenvalue weighted by Crippen LogP contribution is -2.29. The number of hydrogen-bond donors (Lipinski definition) is 2. The normalized spacial score (nSPS) is 10.9. The van der Waals surface area contributed by atoms with Gasteiger partial charge in [0.15, 0.2) is 0 Å². The Morgan fingerprint density at radius 1 is 0.867 bits per heavy atom. The van der Waals surface area contributed by atoms with Gasteiger partial charge in [0, 0.05) is 32.1 Å². The summed E-state index contributed by atoms with van der Waals surface area (Å²) < 4.78 is 22.0. The van der Waals surface area contributed by atoms with Crippen molar-refractivity contribution >= 4 is 11.9 Å². The lowest BCUT2D eigenvalue weighted by atomic mass is 10.4. The van der Waals surface area contributed by atoms with Crippen molar-refractivity contribution < 1.29 is 43.6 Å². The van der Waals surface area contributed by atoms with Crippen LogP contribution >= 0.6 is 0 Å². The molecule has 1 aromatic heterocycles. The summed E-state index contributed by atoms with van der Waals surface area (Å²) in [6.45, 7) is 5.37. The highest BCUT2D eigenvalue weighted by Crippen LogP contribution is 2.18. The summed E-state index contributed by atoms with van der Waals surface area (Å²) in [7, 11) is 1.75. The van der Waals surface area contributed by atoms with Crippen LogP contribution in [0.2, 0.25) is 0 Å². The molecule has 11 nitrogen and oxygen atoms in total. The summed E-state index contributed by atoms with van der Waals surface area (Å²) in [5.41, 5.74) is 0. The number of likely N-dealkylation sites (N-methyl/N-ethyl adjacent to an activating group) is 1. The van der Waals surface area contributed by atoms with E-state index in [1.165, 1.54) is 12.1 Å². The van der Waals surface area contributed by atoms with E-state index in [4.69, 9.17) is 23.8 Å². The van der Waals surface area contributed by atoms with Crippen LogP contribution < -0.4 is 4.84 Å². The molecule has 0 aliphatic rings. The molecule has 0 unspecified atom stereocenters. The van der Waals surface area contributed by atoms with Crippen molar-refractivity contribution in [3.05, 3.63) is 12.1 Å². The van der Waals surface area contributed by atoms with Gasteiger partial charge in [0.25, 0.3) is 0 Å². The van der Waals surface area contributed by atoms with Gasteiger partial charge >= 0.3 is 5.97 Å². The van der Waals surface area contributed by atoms with Crippen LogP contribution in [-0.4, -0.2) is 98.2 Å². The third-order valence-corrected chi connectivity index (χ3v) is 3.86. The fourth-order valence-electron chi connectivity index (χ4n) is 2.16. The Hall–Kier alpha value is -2.34. The number of carbonyl (C=O) groups is 2. The minimum atomic E-state index is -0.656. The van der Waals surface area contributed by atoms with Crippen molar-refractivity contribution in [2.24, 2.45) is 0 Å². The molecule has 172 valence electrons. The number of carbonyl (C=O) groups excluding carboxylic acids is 2. The van der Waals surface area contributed by atoms with Crippen molar-refractivity contribution in [3.63, 3.8) is 0 Å². The minimum Gasteiger partial charge on any atom is -0.492 e. The maximum atomic E-state index is 11.6. The van der Waals surface area contributed by atoms with Gasteiger partial charge in [-0.25, -0.2) is 4.79 Å². The zero-order valence-electron chi connectivity index (χ0n) is 17.6. The van der Waals surface area contributed by atoms with Gasteiger partial charge in [-0.05, 0) is 0 Å². The Labute approximate surface area is 176 Å². The monoisotopic (exact) mass is 432 g/mol. The molecule has 2 N–H and O–H groups in total. The van der Waals surface area contributed by atoms with Gasteiger partial charge in [-0.15, -0.1) is 4.73 Å². The summed E-state index contributed by atoms with van der Waals surface area (Å²) in [4.78, 5) is 29.3. The molecule has 1 aromatic rings. The standard InChI is InChI=1S/C19H32N2O9/c1-3-16(22)20(2)7-9-27-11-13-29-15-14-28-12-10-26-8-6-19(25)30-21-17(23)4-5-18(21)24/h4-5,23-24H,3,6-15H2,1-2H3. The molecule has 0 spiro atoms. The first-order valence-corrected chi connectivity index (χ1v) is 9.81. The molecular weight excluding hydrogens is 400 g/mol. The number of rotatable bonds is 17. The number of ether oxygens (including phenoxy) is 4. The average Bonchev–Trinajstić information content (AvgIpc) is 3.05. The summed E-state index contributed by atoms with van der Waals surface area (Å²) in [6.07, 6.45) is 0.449. The van der Waals surface area contributed by atoms with E-state index in [0.717, 1.165) is 0 Å². The quantitative estimate of drug-likeness (QED) is 0.331. The average molecular weight is 432 g/mol. The molecular formula is C19H32N2O9. The fourth-order valence-corrected chi connectivity index (χ4v) is 2.16. The van der Waals surface area contributed by atoms with Crippen LogP contribution in [0.5, 0.6) is 11.8 Å². The van der Waals surface area contributed by atoms with E-state index in [9.17, 15) is 19.8 Å². The van der Waals surface area contributed by atoms with Crippen molar-refractivity contribution in [1.29, 1.82) is 0 Å². The predicted molar refractivity (Wildman–Crippen MR) is 105 cm³/mol. The molecule has 0 radical (unpaired) electrons. The topological polar surface area (TPSA) is 129 Å². The molecule has 0 atom stereocenters. The summed E-state index contributed by atoms with van der Waals surface area (Å²) >= 11 is 0. The molecule has 0 fully saturated rings. The van der Waals surface area contributed by atoms with Crippen LogP contribution in [0.4, 0.5) is 0 Å². The Balaban J connectivity index is 1.84. The van der Waals surface area contributed by atoms with Crippen LogP contribution in [0.1, 0.15) is 19.8 Å². The molecule has 0 saturated carbocycles. The number of hydrogen-bond acceptors (Lipinski definition) is 9. The van der Waals surface area contributed by atoms with Gasteiger partial charge in [0.1, 0.15) is 0 Å². The largest absolute Gasteiger partial charge is 0.492 e. The first-order chi connectivity index (χ1) is 14.5. The number of amides is 1. The Morgan fingerprint density at radius 3 is 1.83 bits per heavy atom. The zero-order chi connectivity index (χ0) is 22.2. The Kier molecular flexibility index (Phi) is 13.3. The smallest absolute Gasteiger partial charge is 0.335 e. The maximum absolute atomic E-state index is 11.6. The van der Waals surface area contributed by atoms with Crippen LogP contribution in [0.25, 0.3) is 0 Å². The highest BCUT2D eigenvalue weighted by atomic mass is 16.7. The molecule has 11 heteroatoms. The Bertz CT molecular complexity index is 602. The van der Waals surface area contributed by atoms with E-state index in [1.54, 1.807) is 11.9 Å². The van der Waals surface area contributed by atoms with Crippen LogP contribution in [0, 0.1) is 0 Å². The second-order valence-electron chi connectivity index (χ2n) is 6.18. The molecule has 0 aromatic carbocycles. The molecule has 0 saturated heterocycles. The third kappa shape index (κ3) is 11.0. The SMILES string of the molecule is CCC(=O)N(C)CCOCCOCCOCCOCCC(=O)On1c(O)ccc1O. The second-order valence-corrected chi connectivity index (χ2v) is 6.18. The van der Waals surface area contributed by atoms with E-state index in [1.807, 2.05) is 6.92 Å². The third-order valence-electron chi connectivity index (χ3n) is 3.86. The highest BCUT2D eigenvalue weighted by Gasteiger charge is 2.11. The molecule has 0 aliphatic carbocycles. The summed E-state index contributed by atoms with van der Waals surface area (Å²) in [6, 6.07) is 2.40. The lowest BCUT2D eigenvalue weighted by Gasteiger charge is -2.16. The van der Waals surface area contributed by atoms with Gasteiger partial charge in [-0.2, -0.15) is 0 Å². The predicted octanol–water partition coefficient (Wildman–Crippen LogP) is 0.179. The zero-order valence-corrected chi connectivity index (χ0v) is 17.6. The fraction of sp³-hybridized carbons (Fsp3) is 0.684. The molecule has 1 amide bonds. The van der Waals surface area contributed by atoms with Gasteiger partial charge in [0.05, 0.1) is 59.3 Å². The summed E-state index contributed by atoms with van der Waals surface area (Å²) in [5.74, 6) is -1.31. The molecule has 0 bridgehead atoms. The number of nitrogens with zero attached hydrogens (tertiary/aromatic N) is 2. The molecule has 0 aliphatic heterocycles. The van der Waals surface area contributed by atoms with Crippen LogP contribution in [0.3, 0.4) is 0 Å². The van der Waals surface area contributed by atoms with E-state index >= 15 is 0 Å². The minimum absolute atomic E-state index is 0.0391. The molecule has 30 heavy (non-hydrogen) atoms. The van der Waals surface area contributed by atoms with Crippen LogP contribution in [-0.2, 0) is 28.5 Å². The van der Waals surface area contributed by atoms with Gasteiger partial charge in [-0.3, -0.25) is 4.79 Å². The van der Waals surface area contributed by atoms with Crippen molar-refractivity contribution in [2.75, 3.05) is 66.4 Å². The van der Waals surface area contributed by atoms with Gasteiger partial charge in [0.2, 0.25) is 17.7 Å². The first-order valence-electron chi connectivity index (χ1n) is 9.81. The van der Waals surface area contributed by atoms with E-state index < -0.39 is 5.97 Å². The number of aromatic hydroxyl groups is 2. The van der Waals surface area contributed by atoms with E-state index in [-0.39, 0.29) is 30.7 Å².